The fourth-order valence-corrected chi connectivity index (χ4v) is 1.48. The Morgan fingerprint density at radius 3 is 2.93 bits per heavy atom. The van der Waals surface area contributed by atoms with Crippen molar-refractivity contribution in [3.8, 4) is 0 Å². The van der Waals surface area contributed by atoms with E-state index in [9.17, 15) is 14.5 Å². The molecule has 0 amide bonds. The number of nitrogens with zero attached hydrogens (tertiary/aromatic N) is 3. The van der Waals surface area contributed by atoms with Crippen LogP contribution in [-0.4, -0.2) is 14.7 Å². The molecule has 0 N–H and O–H groups in total. The fourth-order valence-electron chi connectivity index (χ4n) is 1.48. The molecule has 0 bridgehead atoms. The van der Waals surface area contributed by atoms with Crippen LogP contribution in [0.25, 0.3) is 10.9 Å². The molecule has 5 nitrogen and oxygen atoms in total. The first-order valence-electron chi connectivity index (χ1n) is 4.44. The molecule has 0 spiro atoms. The first-order valence-corrected chi connectivity index (χ1v) is 4.44. The van der Waals surface area contributed by atoms with Crippen LogP contribution < -0.4 is 0 Å². The Kier molecular flexibility index (Phi) is 2.11. The minimum atomic E-state index is -0.671. The van der Waals surface area contributed by atoms with Crippen molar-refractivity contribution in [1.29, 1.82) is 0 Å². The predicted octanol–water partition coefficient (Wildman–Crippen LogP) is 2.10. The van der Waals surface area contributed by atoms with Gasteiger partial charge in [-0.2, -0.15) is 4.39 Å². The molecule has 0 atom stereocenters. The van der Waals surface area contributed by atoms with Gasteiger partial charge in [-0.1, -0.05) is 0 Å². The van der Waals surface area contributed by atoms with Gasteiger partial charge in [0.25, 0.3) is 5.69 Å². The zero-order chi connectivity index (χ0) is 11.0. The van der Waals surface area contributed by atoms with E-state index in [2.05, 4.69) is 5.10 Å². The van der Waals surface area contributed by atoms with Crippen LogP contribution in [0.3, 0.4) is 0 Å². The number of rotatable bonds is 2. The van der Waals surface area contributed by atoms with E-state index >= 15 is 0 Å². The van der Waals surface area contributed by atoms with Gasteiger partial charge >= 0.3 is 0 Å². The molecule has 1 aromatic carbocycles. The van der Waals surface area contributed by atoms with Crippen LogP contribution in [0.2, 0.25) is 0 Å². The van der Waals surface area contributed by atoms with Gasteiger partial charge < -0.3 is 0 Å². The van der Waals surface area contributed by atoms with Crippen LogP contribution in [0.1, 0.15) is 6.92 Å². The van der Waals surface area contributed by atoms with Crippen molar-refractivity contribution in [2.45, 2.75) is 13.5 Å². The molecule has 0 radical (unpaired) electrons. The zero-order valence-corrected chi connectivity index (χ0v) is 7.98. The van der Waals surface area contributed by atoms with Gasteiger partial charge in [-0.15, -0.1) is 5.10 Å². The molecule has 0 saturated heterocycles. The highest BCUT2D eigenvalue weighted by Crippen LogP contribution is 2.22. The molecule has 0 aliphatic heterocycles. The van der Waals surface area contributed by atoms with Crippen molar-refractivity contribution in [1.82, 2.24) is 9.78 Å². The monoisotopic (exact) mass is 209 g/mol. The van der Waals surface area contributed by atoms with Crippen molar-refractivity contribution < 1.29 is 9.31 Å². The molecule has 0 aliphatic carbocycles. The third-order valence-corrected chi connectivity index (χ3v) is 2.20. The van der Waals surface area contributed by atoms with E-state index in [1.807, 2.05) is 6.92 Å². The van der Waals surface area contributed by atoms with E-state index < -0.39 is 10.9 Å². The average Bonchev–Trinajstić information content (AvgIpc) is 2.55. The number of nitro benzene ring substituents is 1. The normalized spacial score (nSPS) is 10.8. The molecule has 78 valence electrons. The molecule has 0 unspecified atom stereocenters. The maximum Gasteiger partial charge on any atom is 0.270 e. The van der Waals surface area contributed by atoms with Gasteiger partial charge in [0.1, 0.15) is 0 Å². The Hall–Kier alpha value is -1.98. The van der Waals surface area contributed by atoms with E-state index in [0.717, 1.165) is 0 Å². The molecular formula is C9H8FN3O2. The lowest BCUT2D eigenvalue weighted by Crippen LogP contribution is -1.95. The van der Waals surface area contributed by atoms with E-state index in [1.54, 1.807) is 0 Å². The summed E-state index contributed by atoms with van der Waals surface area (Å²) in [5, 5.41) is 14.3. The lowest BCUT2D eigenvalue weighted by atomic mass is 10.2. The Labute approximate surface area is 84.3 Å². The lowest BCUT2D eigenvalue weighted by Gasteiger charge is -1.96. The van der Waals surface area contributed by atoms with Gasteiger partial charge in [0.05, 0.1) is 15.8 Å². The molecule has 15 heavy (non-hydrogen) atoms. The van der Waals surface area contributed by atoms with Crippen LogP contribution >= 0.6 is 0 Å². The molecule has 0 saturated carbocycles. The number of non-ortho nitro benzene ring substituents is 1. The summed E-state index contributed by atoms with van der Waals surface area (Å²) in [6.45, 7) is 2.35. The number of aryl methyl sites for hydroxylation is 1. The molecule has 1 heterocycles. The average molecular weight is 209 g/mol. The van der Waals surface area contributed by atoms with E-state index in [4.69, 9.17) is 0 Å². The van der Waals surface area contributed by atoms with Crippen LogP contribution in [0, 0.1) is 16.1 Å². The first kappa shape index (κ1) is 9.57. The molecule has 0 aliphatic rings. The van der Waals surface area contributed by atoms with Crippen molar-refractivity contribution >= 4 is 16.6 Å². The Bertz CT molecular complexity index is 535. The standard InChI is InChI=1S/C9H8FN3O2/c1-2-12-8-4-3-6(13(14)15)5-7(8)9(10)11-12/h3-5H,2H2,1H3. The lowest BCUT2D eigenvalue weighted by molar-refractivity contribution is -0.384. The fraction of sp³-hybridized carbons (Fsp3) is 0.222. The maximum atomic E-state index is 13.3. The van der Waals surface area contributed by atoms with E-state index in [1.165, 1.54) is 22.9 Å². The van der Waals surface area contributed by atoms with Gasteiger partial charge in [-0.05, 0) is 13.0 Å². The molecule has 1 aromatic heterocycles. The number of benzene rings is 1. The van der Waals surface area contributed by atoms with Gasteiger partial charge in [0.2, 0.25) is 5.95 Å². The number of halogens is 1. The Balaban J connectivity index is 2.72. The van der Waals surface area contributed by atoms with Crippen LogP contribution in [-0.2, 0) is 6.54 Å². The topological polar surface area (TPSA) is 61.0 Å². The smallest absolute Gasteiger partial charge is 0.262 e. The zero-order valence-electron chi connectivity index (χ0n) is 7.98. The van der Waals surface area contributed by atoms with Crippen molar-refractivity contribution in [3.05, 3.63) is 34.3 Å². The van der Waals surface area contributed by atoms with Crippen molar-refractivity contribution in [2.75, 3.05) is 0 Å². The number of hydrogen-bond donors (Lipinski definition) is 0. The number of nitro groups is 1. The number of hydrogen-bond acceptors (Lipinski definition) is 3. The quantitative estimate of drug-likeness (QED) is 0.562. The summed E-state index contributed by atoms with van der Waals surface area (Å²) < 4.78 is 14.7. The second-order valence-electron chi connectivity index (χ2n) is 3.07. The molecule has 0 fully saturated rings. The van der Waals surface area contributed by atoms with Crippen molar-refractivity contribution in [3.63, 3.8) is 0 Å². The summed E-state index contributed by atoms with van der Waals surface area (Å²) in [5.74, 6) is -0.671. The molecule has 2 rings (SSSR count). The predicted molar refractivity (Wildman–Crippen MR) is 52.0 cm³/mol. The largest absolute Gasteiger partial charge is 0.270 e. The summed E-state index contributed by atoms with van der Waals surface area (Å²) in [7, 11) is 0. The summed E-state index contributed by atoms with van der Waals surface area (Å²) in [6, 6.07) is 4.05. The van der Waals surface area contributed by atoms with E-state index in [-0.39, 0.29) is 11.1 Å². The number of fused-ring (bicyclic) bond motifs is 1. The second kappa shape index (κ2) is 3.30. The van der Waals surface area contributed by atoms with E-state index in [0.29, 0.717) is 12.1 Å². The Morgan fingerprint density at radius 1 is 1.60 bits per heavy atom. The highest BCUT2D eigenvalue weighted by atomic mass is 19.1. The van der Waals surface area contributed by atoms with Gasteiger partial charge in [0.15, 0.2) is 0 Å². The molecule has 2 aromatic rings. The Morgan fingerprint density at radius 2 is 2.33 bits per heavy atom. The highest BCUT2D eigenvalue weighted by Gasteiger charge is 2.13. The van der Waals surface area contributed by atoms with Crippen LogP contribution in [0.4, 0.5) is 10.1 Å². The second-order valence-corrected chi connectivity index (χ2v) is 3.07. The van der Waals surface area contributed by atoms with Crippen LogP contribution in [0.15, 0.2) is 18.2 Å². The van der Waals surface area contributed by atoms with Gasteiger partial charge in [-0.25, -0.2) is 0 Å². The third kappa shape index (κ3) is 1.43. The summed E-state index contributed by atoms with van der Waals surface area (Å²) in [4.78, 5) is 9.93. The number of aromatic nitrogens is 2. The maximum absolute atomic E-state index is 13.3. The molecule has 6 heteroatoms. The third-order valence-electron chi connectivity index (χ3n) is 2.20. The summed E-state index contributed by atoms with van der Waals surface area (Å²) >= 11 is 0. The molecular weight excluding hydrogens is 201 g/mol. The van der Waals surface area contributed by atoms with Gasteiger partial charge in [0, 0.05) is 18.7 Å². The SMILES string of the molecule is CCn1nc(F)c2cc([N+](=O)[O-])ccc21. The summed E-state index contributed by atoms with van der Waals surface area (Å²) in [5.41, 5.74) is 0.442. The first-order chi connectivity index (χ1) is 7.13. The van der Waals surface area contributed by atoms with Crippen LogP contribution in [0.5, 0.6) is 0 Å². The summed E-state index contributed by atoms with van der Waals surface area (Å²) in [6.07, 6.45) is 0. The highest BCUT2D eigenvalue weighted by molar-refractivity contribution is 5.81. The van der Waals surface area contributed by atoms with Crippen molar-refractivity contribution in [2.24, 2.45) is 0 Å². The van der Waals surface area contributed by atoms with Gasteiger partial charge in [-0.3, -0.25) is 14.8 Å². The minimum Gasteiger partial charge on any atom is -0.262 e. The minimum absolute atomic E-state index is 0.128.